The number of rotatable bonds is 6. The van der Waals surface area contributed by atoms with Gasteiger partial charge < -0.3 is 5.32 Å². The molecule has 4 heterocycles. The Hall–Kier alpha value is -2.68. The van der Waals surface area contributed by atoms with Crippen molar-refractivity contribution < 1.29 is 4.79 Å². The Morgan fingerprint density at radius 2 is 2.06 bits per heavy atom. The maximum atomic E-state index is 11.5. The monoisotopic (exact) mass is 466 g/mol. The second-order valence-electron chi connectivity index (χ2n) is 8.01. The number of H-pyrrole nitrogens is 1. The maximum Gasteiger partial charge on any atom is 0.222 e. The first-order valence-electron chi connectivity index (χ1n) is 10.6. The molecule has 0 aliphatic carbocycles. The van der Waals surface area contributed by atoms with Crippen molar-refractivity contribution in [3.63, 3.8) is 0 Å². The van der Waals surface area contributed by atoms with Crippen LogP contribution in [0.15, 0.2) is 55.0 Å². The number of hydrogen-bond acceptors (Lipinski definition) is 6. The van der Waals surface area contributed by atoms with Gasteiger partial charge in [-0.2, -0.15) is 5.10 Å². The number of carbonyl (C=O) groups excluding carboxylic acids is 1. The van der Waals surface area contributed by atoms with Crippen molar-refractivity contribution in [3.05, 3.63) is 77.0 Å². The minimum absolute atomic E-state index is 0.0890. The predicted molar refractivity (Wildman–Crippen MR) is 127 cm³/mol. The first-order chi connectivity index (χ1) is 15.6. The number of nitrogens with zero attached hydrogens (tertiary/aromatic N) is 4. The van der Waals surface area contributed by atoms with E-state index < -0.39 is 0 Å². The zero-order valence-corrected chi connectivity index (χ0v) is 19.1. The average molecular weight is 467 g/mol. The molecule has 0 bridgehead atoms. The van der Waals surface area contributed by atoms with E-state index >= 15 is 0 Å². The van der Waals surface area contributed by atoms with Crippen molar-refractivity contribution >= 4 is 40.0 Å². The van der Waals surface area contributed by atoms with E-state index in [0.717, 1.165) is 34.4 Å². The molecule has 32 heavy (non-hydrogen) atoms. The van der Waals surface area contributed by atoms with Crippen LogP contribution in [0.1, 0.15) is 41.6 Å². The van der Waals surface area contributed by atoms with Crippen LogP contribution in [0.3, 0.4) is 0 Å². The van der Waals surface area contributed by atoms with Gasteiger partial charge in [0.05, 0.1) is 5.25 Å². The fraction of sp³-hybridized carbons (Fsp3) is 0.304. The minimum Gasteiger partial charge on any atom is -0.311 e. The largest absolute Gasteiger partial charge is 0.311 e. The van der Waals surface area contributed by atoms with E-state index in [9.17, 15) is 4.79 Å². The average Bonchev–Trinajstić information content (AvgIpc) is 3.41. The molecular weight excluding hydrogens is 444 g/mol. The molecule has 3 atom stereocenters. The highest BCUT2D eigenvalue weighted by atomic mass is 35.5. The summed E-state index contributed by atoms with van der Waals surface area (Å²) in [4.78, 5) is 23.9. The van der Waals surface area contributed by atoms with Crippen LogP contribution >= 0.6 is 23.4 Å². The van der Waals surface area contributed by atoms with Gasteiger partial charge in [-0.3, -0.25) is 14.8 Å². The quantitative estimate of drug-likeness (QED) is 0.547. The molecular formula is C23H23ClN6OS. The number of carbonyl (C=O) groups is 1. The molecule has 164 valence electrons. The molecule has 9 heteroatoms. The number of halogens is 1. The van der Waals surface area contributed by atoms with Crippen LogP contribution in [0, 0.1) is 5.92 Å². The second kappa shape index (κ2) is 9.05. The van der Waals surface area contributed by atoms with Crippen molar-refractivity contribution in [2.45, 2.75) is 24.6 Å². The molecule has 1 saturated heterocycles. The van der Waals surface area contributed by atoms with Crippen molar-refractivity contribution in [2.75, 3.05) is 18.4 Å². The highest BCUT2D eigenvalue weighted by Gasteiger charge is 2.41. The topological polar surface area (TPSA) is 86.8 Å². The normalized spacial score (nSPS) is 21.6. The predicted octanol–water partition coefficient (Wildman–Crippen LogP) is 4.70. The molecule has 1 fully saturated rings. The SMILES string of the molecule is CC(=O)Nc1cc(C2=CC(C(c3ccc(Cl)cc3)N3CCC3)C(c3ncn[nH]3)S2)ccn1. The molecule has 5 rings (SSSR count). The zero-order valence-electron chi connectivity index (χ0n) is 17.5. The van der Waals surface area contributed by atoms with Crippen LogP contribution in [0.25, 0.3) is 4.91 Å². The lowest BCUT2D eigenvalue weighted by Crippen LogP contribution is -2.43. The number of anilines is 1. The van der Waals surface area contributed by atoms with E-state index in [0.29, 0.717) is 5.82 Å². The van der Waals surface area contributed by atoms with Gasteiger partial charge in [0, 0.05) is 35.0 Å². The van der Waals surface area contributed by atoms with Gasteiger partial charge in [0.25, 0.3) is 0 Å². The van der Waals surface area contributed by atoms with Gasteiger partial charge in [-0.1, -0.05) is 29.8 Å². The fourth-order valence-corrected chi connectivity index (χ4v) is 5.82. The summed E-state index contributed by atoms with van der Waals surface area (Å²) in [5.74, 6) is 1.46. The Bertz CT molecular complexity index is 1130. The first kappa shape index (κ1) is 21.2. The van der Waals surface area contributed by atoms with Crippen LogP contribution in [0.5, 0.6) is 0 Å². The van der Waals surface area contributed by atoms with Gasteiger partial charge >= 0.3 is 0 Å². The van der Waals surface area contributed by atoms with Gasteiger partial charge in [0.1, 0.15) is 18.0 Å². The number of benzene rings is 1. The molecule has 3 unspecified atom stereocenters. The van der Waals surface area contributed by atoms with E-state index in [4.69, 9.17) is 11.6 Å². The summed E-state index contributed by atoms with van der Waals surface area (Å²) in [5, 5.41) is 10.8. The number of aromatic amines is 1. The summed E-state index contributed by atoms with van der Waals surface area (Å²) in [7, 11) is 0. The van der Waals surface area contributed by atoms with Crippen LogP contribution < -0.4 is 5.32 Å². The van der Waals surface area contributed by atoms with Crippen molar-refractivity contribution in [3.8, 4) is 0 Å². The molecule has 2 N–H and O–H groups in total. The van der Waals surface area contributed by atoms with Gasteiger partial charge in [0.15, 0.2) is 0 Å². The smallest absolute Gasteiger partial charge is 0.222 e. The standard InChI is InChI=1S/C23H23ClN6OS/c1-14(31)28-20-11-16(7-8-25-20)19-12-18(22(32-19)23-26-13-27-29-23)21(30-9-2-10-30)15-3-5-17(24)6-4-15/h3-8,11-13,18,21-22H,2,9-10H2,1H3,(H,25,28,31)(H,26,27,29). The van der Waals surface area contributed by atoms with Crippen molar-refractivity contribution in [1.82, 2.24) is 25.1 Å². The van der Waals surface area contributed by atoms with E-state index in [2.05, 4.69) is 48.6 Å². The molecule has 1 amide bonds. The third kappa shape index (κ3) is 4.30. The van der Waals surface area contributed by atoms with Gasteiger partial charge in [-0.15, -0.1) is 11.8 Å². The van der Waals surface area contributed by atoms with Gasteiger partial charge in [-0.25, -0.2) is 9.97 Å². The Morgan fingerprint density at radius 3 is 2.72 bits per heavy atom. The van der Waals surface area contributed by atoms with Crippen LogP contribution in [-0.4, -0.2) is 44.1 Å². The summed E-state index contributed by atoms with van der Waals surface area (Å²) < 4.78 is 0. The van der Waals surface area contributed by atoms with Crippen LogP contribution in [0.2, 0.25) is 5.02 Å². The number of thioether (sulfide) groups is 1. The fourth-order valence-electron chi connectivity index (χ4n) is 4.32. The van der Waals surface area contributed by atoms with E-state index in [1.54, 1.807) is 24.3 Å². The molecule has 7 nitrogen and oxygen atoms in total. The van der Waals surface area contributed by atoms with E-state index in [1.807, 2.05) is 24.3 Å². The molecule has 0 spiro atoms. The Kier molecular flexibility index (Phi) is 5.99. The second-order valence-corrected chi connectivity index (χ2v) is 9.63. The highest BCUT2D eigenvalue weighted by molar-refractivity contribution is 8.08. The number of amides is 1. The molecule has 0 radical (unpaired) electrons. The Labute approximate surface area is 195 Å². The number of nitrogens with one attached hydrogen (secondary N) is 2. The van der Waals surface area contributed by atoms with Crippen molar-refractivity contribution in [1.29, 1.82) is 0 Å². The Morgan fingerprint density at radius 1 is 1.25 bits per heavy atom. The molecule has 2 aromatic heterocycles. The summed E-state index contributed by atoms with van der Waals surface area (Å²) >= 11 is 7.95. The summed E-state index contributed by atoms with van der Waals surface area (Å²) in [6, 6.07) is 12.3. The maximum absolute atomic E-state index is 11.5. The lowest BCUT2D eigenvalue weighted by atomic mass is 9.86. The van der Waals surface area contributed by atoms with Gasteiger partial charge in [0.2, 0.25) is 5.91 Å². The molecule has 2 aliphatic rings. The summed E-state index contributed by atoms with van der Waals surface area (Å²) in [6.45, 7) is 3.63. The highest BCUT2D eigenvalue weighted by Crippen LogP contribution is 2.56. The summed E-state index contributed by atoms with van der Waals surface area (Å²) in [5.41, 5.74) is 2.27. The molecule has 3 aromatic rings. The number of pyridine rings is 1. The molecule has 1 aromatic carbocycles. The number of aromatic nitrogens is 4. The Balaban J connectivity index is 1.54. The van der Waals surface area contributed by atoms with Crippen LogP contribution in [0.4, 0.5) is 5.82 Å². The van der Waals surface area contributed by atoms with E-state index in [1.165, 1.54) is 18.9 Å². The number of likely N-dealkylation sites (tertiary alicyclic amines) is 1. The minimum atomic E-state index is -0.138. The lowest BCUT2D eigenvalue weighted by molar-refractivity contribution is -0.114. The third-order valence-electron chi connectivity index (χ3n) is 5.86. The van der Waals surface area contributed by atoms with Crippen LogP contribution in [-0.2, 0) is 4.79 Å². The first-order valence-corrected chi connectivity index (χ1v) is 11.8. The van der Waals surface area contributed by atoms with E-state index in [-0.39, 0.29) is 23.1 Å². The van der Waals surface area contributed by atoms with Crippen molar-refractivity contribution in [2.24, 2.45) is 5.92 Å². The molecule has 2 aliphatic heterocycles. The lowest BCUT2D eigenvalue weighted by Gasteiger charge is -2.42. The summed E-state index contributed by atoms with van der Waals surface area (Å²) in [6.07, 6.45) is 6.83. The molecule has 0 saturated carbocycles. The zero-order chi connectivity index (χ0) is 22.1. The number of hydrogen-bond donors (Lipinski definition) is 2. The van der Waals surface area contributed by atoms with Gasteiger partial charge in [-0.05, 0) is 54.9 Å². The third-order valence-corrected chi connectivity index (χ3v) is 7.53.